The predicted molar refractivity (Wildman–Crippen MR) is 87.9 cm³/mol. The van der Waals surface area contributed by atoms with Crippen molar-refractivity contribution in [1.82, 2.24) is 0 Å². The van der Waals surface area contributed by atoms with Crippen LogP contribution in [-0.2, 0) is 0 Å². The molecule has 0 aliphatic carbocycles. The molecule has 0 saturated heterocycles. The van der Waals surface area contributed by atoms with Crippen LogP contribution >= 0.6 is 34.8 Å². The highest BCUT2D eigenvalue weighted by Crippen LogP contribution is 2.37. The Balaban J connectivity index is 2.43. The first-order valence-corrected chi connectivity index (χ1v) is 7.62. The highest BCUT2D eigenvalue weighted by Gasteiger charge is 2.18. The van der Waals surface area contributed by atoms with Gasteiger partial charge in [0, 0.05) is 16.7 Å². The maximum atomic E-state index is 10.5. The maximum Gasteiger partial charge on any atom is 0.139 e. The fourth-order valence-electron chi connectivity index (χ4n) is 2.12. The zero-order valence-corrected chi connectivity index (χ0v) is 13.9. The Bertz CT molecular complexity index is 636. The molecule has 0 aliphatic rings. The smallest absolute Gasteiger partial charge is 0.139 e. The van der Waals surface area contributed by atoms with Crippen molar-refractivity contribution < 1.29 is 9.84 Å². The van der Waals surface area contributed by atoms with Crippen molar-refractivity contribution in [3.05, 3.63) is 62.1 Å². The minimum atomic E-state index is -0.900. The standard InChI is InChI=1S/C16H15Cl3O2/c1-3-21-15-8-13(18)12(7-14(15)19)16(20)10-4-9(2)5-11(17)6-10/h4-8,16,20H,3H2,1-2H3. The molecule has 0 saturated carbocycles. The van der Waals surface area contributed by atoms with Crippen molar-refractivity contribution in [2.24, 2.45) is 0 Å². The van der Waals surface area contributed by atoms with Crippen molar-refractivity contribution in [1.29, 1.82) is 0 Å². The fraction of sp³-hybridized carbons (Fsp3) is 0.250. The highest BCUT2D eigenvalue weighted by atomic mass is 35.5. The average Bonchev–Trinajstić information content (AvgIpc) is 2.41. The summed E-state index contributed by atoms with van der Waals surface area (Å²) in [6.45, 7) is 4.27. The SMILES string of the molecule is CCOc1cc(Cl)c(C(O)c2cc(C)cc(Cl)c2)cc1Cl. The molecule has 0 bridgehead atoms. The second-order valence-electron chi connectivity index (χ2n) is 4.70. The average molecular weight is 346 g/mol. The fourth-order valence-corrected chi connectivity index (χ4v) is 2.90. The molecule has 0 spiro atoms. The van der Waals surface area contributed by atoms with E-state index in [1.54, 1.807) is 18.2 Å². The molecule has 1 atom stereocenters. The van der Waals surface area contributed by atoms with Gasteiger partial charge in [-0.05, 0) is 43.2 Å². The lowest BCUT2D eigenvalue weighted by Crippen LogP contribution is -2.02. The Hall–Kier alpha value is -0.930. The summed E-state index contributed by atoms with van der Waals surface area (Å²) < 4.78 is 5.38. The Kier molecular flexibility index (Phi) is 5.39. The van der Waals surface area contributed by atoms with Crippen LogP contribution in [0, 0.1) is 6.92 Å². The van der Waals surface area contributed by atoms with E-state index in [9.17, 15) is 5.11 Å². The summed E-state index contributed by atoms with van der Waals surface area (Å²) in [5.74, 6) is 0.502. The van der Waals surface area contributed by atoms with Gasteiger partial charge >= 0.3 is 0 Å². The first kappa shape index (κ1) is 16.4. The van der Waals surface area contributed by atoms with E-state index in [0.29, 0.717) is 38.6 Å². The summed E-state index contributed by atoms with van der Waals surface area (Å²) in [7, 11) is 0. The molecule has 2 rings (SSSR count). The molecular formula is C16H15Cl3O2. The second kappa shape index (κ2) is 6.89. The molecule has 0 amide bonds. The van der Waals surface area contributed by atoms with Crippen LogP contribution in [0.5, 0.6) is 5.75 Å². The van der Waals surface area contributed by atoms with Gasteiger partial charge in [0.05, 0.1) is 16.7 Å². The van der Waals surface area contributed by atoms with E-state index in [4.69, 9.17) is 39.5 Å². The number of halogens is 3. The Labute approximate surface area is 139 Å². The summed E-state index contributed by atoms with van der Waals surface area (Å²) in [5.41, 5.74) is 2.15. The van der Waals surface area contributed by atoms with Crippen molar-refractivity contribution in [3.8, 4) is 5.75 Å². The molecule has 112 valence electrons. The van der Waals surface area contributed by atoms with Gasteiger partial charge < -0.3 is 9.84 Å². The maximum absolute atomic E-state index is 10.5. The number of rotatable bonds is 4. The molecule has 5 heteroatoms. The Morgan fingerprint density at radius 1 is 1.05 bits per heavy atom. The lowest BCUT2D eigenvalue weighted by Gasteiger charge is -2.16. The lowest BCUT2D eigenvalue weighted by atomic mass is 10.00. The van der Waals surface area contributed by atoms with Gasteiger partial charge in [-0.1, -0.05) is 40.9 Å². The third-order valence-corrected chi connectivity index (χ3v) is 3.87. The van der Waals surface area contributed by atoms with Gasteiger partial charge in [-0.25, -0.2) is 0 Å². The predicted octanol–water partition coefficient (Wildman–Crippen LogP) is 5.44. The minimum absolute atomic E-state index is 0.396. The van der Waals surface area contributed by atoms with E-state index in [0.717, 1.165) is 5.56 Å². The molecule has 2 aromatic rings. The summed E-state index contributed by atoms with van der Waals surface area (Å²) in [5, 5.41) is 11.9. The third-order valence-electron chi connectivity index (χ3n) is 3.03. The van der Waals surface area contributed by atoms with E-state index in [1.807, 2.05) is 26.0 Å². The number of aliphatic hydroxyl groups excluding tert-OH is 1. The van der Waals surface area contributed by atoms with E-state index in [2.05, 4.69) is 0 Å². The molecule has 0 aromatic heterocycles. The number of benzene rings is 2. The summed E-state index contributed by atoms with van der Waals surface area (Å²) in [6, 6.07) is 8.63. The van der Waals surface area contributed by atoms with Crippen LogP contribution in [0.4, 0.5) is 0 Å². The number of hydrogen-bond donors (Lipinski definition) is 1. The molecule has 2 aromatic carbocycles. The molecule has 0 fully saturated rings. The molecule has 1 N–H and O–H groups in total. The third kappa shape index (κ3) is 3.83. The molecule has 2 nitrogen and oxygen atoms in total. The highest BCUT2D eigenvalue weighted by molar-refractivity contribution is 6.34. The lowest BCUT2D eigenvalue weighted by molar-refractivity contribution is 0.220. The quantitative estimate of drug-likeness (QED) is 0.800. The zero-order valence-electron chi connectivity index (χ0n) is 11.7. The second-order valence-corrected chi connectivity index (χ2v) is 5.95. The van der Waals surface area contributed by atoms with Gasteiger partial charge in [-0.3, -0.25) is 0 Å². The van der Waals surface area contributed by atoms with Crippen LogP contribution in [0.25, 0.3) is 0 Å². The molecule has 0 radical (unpaired) electrons. The summed E-state index contributed by atoms with van der Waals surface area (Å²) >= 11 is 18.4. The Morgan fingerprint density at radius 2 is 1.76 bits per heavy atom. The van der Waals surface area contributed by atoms with Gasteiger partial charge in [0.1, 0.15) is 11.9 Å². The monoisotopic (exact) mass is 344 g/mol. The van der Waals surface area contributed by atoms with E-state index < -0.39 is 6.10 Å². The van der Waals surface area contributed by atoms with Crippen LogP contribution in [0.1, 0.15) is 29.7 Å². The van der Waals surface area contributed by atoms with Gasteiger partial charge in [-0.2, -0.15) is 0 Å². The van der Waals surface area contributed by atoms with E-state index in [1.165, 1.54) is 0 Å². The van der Waals surface area contributed by atoms with Crippen molar-refractivity contribution in [3.63, 3.8) is 0 Å². The largest absolute Gasteiger partial charge is 0.492 e. The number of aryl methyl sites for hydroxylation is 1. The van der Waals surface area contributed by atoms with Crippen molar-refractivity contribution in [2.45, 2.75) is 20.0 Å². The van der Waals surface area contributed by atoms with Crippen LogP contribution < -0.4 is 4.74 Å². The number of ether oxygens (including phenoxy) is 1. The van der Waals surface area contributed by atoms with Gasteiger partial charge in [0.2, 0.25) is 0 Å². The Morgan fingerprint density at radius 3 is 2.38 bits per heavy atom. The van der Waals surface area contributed by atoms with Crippen molar-refractivity contribution >= 4 is 34.8 Å². The molecule has 0 heterocycles. The molecule has 21 heavy (non-hydrogen) atoms. The van der Waals surface area contributed by atoms with E-state index >= 15 is 0 Å². The number of aliphatic hydroxyl groups is 1. The van der Waals surface area contributed by atoms with Crippen LogP contribution in [-0.4, -0.2) is 11.7 Å². The molecule has 0 aliphatic heterocycles. The van der Waals surface area contributed by atoms with Crippen LogP contribution in [0.15, 0.2) is 30.3 Å². The van der Waals surface area contributed by atoms with Gasteiger partial charge in [0.25, 0.3) is 0 Å². The number of hydrogen-bond acceptors (Lipinski definition) is 2. The minimum Gasteiger partial charge on any atom is -0.492 e. The van der Waals surface area contributed by atoms with Gasteiger partial charge in [-0.15, -0.1) is 0 Å². The molecular weight excluding hydrogens is 331 g/mol. The van der Waals surface area contributed by atoms with Crippen LogP contribution in [0.3, 0.4) is 0 Å². The normalized spacial score (nSPS) is 12.3. The zero-order chi connectivity index (χ0) is 15.6. The first-order valence-electron chi connectivity index (χ1n) is 6.49. The van der Waals surface area contributed by atoms with E-state index in [-0.39, 0.29) is 0 Å². The summed E-state index contributed by atoms with van der Waals surface area (Å²) in [6.07, 6.45) is -0.900. The molecule has 1 unspecified atom stereocenters. The first-order chi connectivity index (χ1) is 9.92. The summed E-state index contributed by atoms with van der Waals surface area (Å²) in [4.78, 5) is 0. The van der Waals surface area contributed by atoms with Gasteiger partial charge in [0.15, 0.2) is 0 Å². The van der Waals surface area contributed by atoms with Crippen LogP contribution in [0.2, 0.25) is 15.1 Å². The topological polar surface area (TPSA) is 29.5 Å². The van der Waals surface area contributed by atoms with Crippen molar-refractivity contribution in [2.75, 3.05) is 6.61 Å².